The summed E-state index contributed by atoms with van der Waals surface area (Å²) in [5.74, 6) is 0.320. The molecule has 24 heavy (non-hydrogen) atoms. The van der Waals surface area contributed by atoms with Gasteiger partial charge in [0.2, 0.25) is 5.91 Å². The Morgan fingerprint density at radius 1 is 1.21 bits per heavy atom. The minimum absolute atomic E-state index is 0.152. The summed E-state index contributed by atoms with van der Waals surface area (Å²) in [6.45, 7) is 4.51. The van der Waals surface area contributed by atoms with Crippen LogP contribution >= 0.6 is 0 Å². The third-order valence-corrected chi connectivity index (χ3v) is 4.26. The summed E-state index contributed by atoms with van der Waals surface area (Å²) in [5.41, 5.74) is 4.46. The second-order valence-corrected chi connectivity index (χ2v) is 6.09. The molecular weight excluding hydrogens is 304 g/mol. The fourth-order valence-electron chi connectivity index (χ4n) is 2.73. The number of hydrogen-bond acceptors (Lipinski definition) is 3. The predicted octanol–water partition coefficient (Wildman–Crippen LogP) is 2.90. The highest BCUT2D eigenvalue weighted by molar-refractivity contribution is 5.91. The standard InChI is InChI=1S/C19H20N2O3/c1-12-5-4-6-14(9-12)16-8-7-15(10-13(16)2)24-19(23)21(3)17-11-20-18(17)22/h4-10,17H,11H2,1-3H3,(H,20,22)/t17-/m0/s1. The van der Waals surface area contributed by atoms with Crippen LogP contribution in [0.4, 0.5) is 4.79 Å². The highest BCUT2D eigenvalue weighted by atomic mass is 16.6. The van der Waals surface area contributed by atoms with Crippen molar-refractivity contribution in [1.29, 1.82) is 0 Å². The van der Waals surface area contributed by atoms with Gasteiger partial charge in [0, 0.05) is 13.6 Å². The molecule has 0 bridgehead atoms. The first-order valence-corrected chi connectivity index (χ1v) is 7.86. The Labute approximate surface area is 141 Å². The number of amides is 2. The molecule has 0 saturated carbocycles. The quantitative estimate of drug-likeness (QED) is 0.883. The molecule has 1 aliphatic heterocycles. The van der Waals surface area contributed by atoms with E-state index >= 15 is 0 Å². The van der Waals surface area contributed by atoms with E-state index in [1.54, 1.807) is 13.1 Å². The molecule has 2 amide bonds. The lowest BCUT2D eigenvalue weighted by Gasteiger charge is -2.33. The lowest BCUT2D eigenvalue weighted by atomic mass is 9.99. The summed E-state index contributed by atoms with van der Waals surface area (Å²) in [5, 5.41) is 2.61. The number of likely N-dealkylation sites (N-methyl/N-ethyl adjacent to an activating group) is 1. The van der Waals surface area contributed by atoms with Gasteiger partial charge in [-0.15, -0.1) is 0 Å². The van der Waals surface area contributed by atoms with Gasteiger partial charge in [0.1, 0.15) is 11.8 Å². The van der Waals surface area contributed by atoms with Crippen molar-refractivity contribution in [1.82, 2.24) is 10.2 Å². The normalized spacial score (nSPS) is 16.1. The van der Waals surface area contributed by atoms with Crippen LogP contribution in [0.25, 0.3) is 11.1 Å². The number of aryl methyl sites for hydroxylation is 2. The van der Waals surface area contributed by atoms with E-state index in [2.05, 4.69) is 30.4 Å². The molecule has 3 rings (SSSR count). The molecule has 1 N–H and O–H groups in total. The molecule has 2 aromatic rings. The van der Waals surface area contributed by atoms with Gasteiger partial charge in [-0.25, -0.2) is 4.79 Å². The largest absolute Gasteiger partial charge is 0.415 e. The average Bonchev–Trinajstić information content (AvgIpc) is 2.53. The Balaban J connectivity index is 1.75. The zero-order valence-corrected chi connectivity index (χ0v) is 14.0. The molecule has 1 fully saturated rings. The Morgan fingerprint density at radius 2 is 2.00 bits per heavy atom. The molecule has 0 unspecified atom stereocenters. The zero-order chi connectivity index (χ0) is 17.3. The van der Waals surface area contributed by atoms with Crippen molar-refractivity contribution in [2.24, 2.45) is 0 Å². The molecule has 0 aliphatic carbocycles. The van der Waals surface area contributed by atoms with Crippen LogP contribution in [0.2, 0.25) is 0 Å². The third-order valence-electron chi connectivity index (χ3n) is 4.26. The van der Waals surface area contributed by atoms with E-state index in [0.29, 0.717) is 12.3 Å². The van der Waals surface area contributed by atoms with Crippen LogP contribution < -0.4 is 10.1 Å². The molecule has 0 aromatic heterocycles. The molecule has 1 aliphatic rings. The highest BCUT2D eigenvalue weighted by Crippen LogP contribution is 2.27. The number of hydrogen-bond donors (Lipinski definition) is 1. The molecule has 0 spiro atoms. The summed E-state index contributed by atoms with van der Waals surface area (Å²) in [6, 6.07) is 13.4. The van der Waals surface area contributed by atoms with Crippen LogP contribution in [-0.2, 0) is 4.79 Å². The van der Waals surface area contributed by atoms with E-state index in [9.17, 15) is 9.59 Å². The monoisotopic (exact) mass is 324 g/mol. The molecule has 1 saturated heterocycles. The number of carbonyl (C=O) groups is 2. The lowest BCUT2D eigenvalue weighted by Crippen LogP contribution is -2.62. The van der Waals surface area contributed by atoms with Gasteiger partial charge in [-0.3, -0.25) is 9.69 Å². The molecule has 0 radical (unpaired) electrons. The van der Waals surface area contributed by atoms with Crippen LogP contribution in [-0.4, -0.2) is 36.5 Å². The summed E-state index contributed by atoms with van der Waals surface area (Å²) in [7, 11) is 1.57. The molecule has 1 atom stereocenters. The Kier molecular flexibility index (Phi) is 4.25. The van der Waals surface area contributed by atoms with Gasteiger partial charge in [-0.05, 0) is 42.7 Å². The Bertz CT molecular complexity index is 801. The van der Waals surface area contributed by atoms with Crippen molar-refractivity contribution in [2.45, 2.75) is 19.9 Å². The fourth-order valence-corrected chi connectivity index (χ4v) is 2.73. The molecule has 1 heterocycles. The van der Waals surface area contributed by atoms with Crippen LogP contribution in [0.15, 0.2) is 42.5 Å². The van der Waals surface area contributed by atoms with Crippen LogP contribution in [0.1, 0.15) is 11.1 Å². The minimum atomic E-state index is -0.530. The van der Waals surface area contributed by atoms with Crippen molar-refractivity contribution in [3.05, 3.63) is 53.6 Å². The fraction of sp³-hybridized carbons (Fsp3) is 0.263. The van der Waals surface area contributed by atoms with Gasteiger partial charge in [-0.2, -0.15) is 0 Å². The van der Waals surface area contributed by atoms with Crippen molar-refractivity contribution < 1.29 is 14.3 Å². The third kappa shape index (κ3) is 3.11. The van der Waals surface area contributed by atoms with Crippen molar-refractivity contribution in [3.63, 3.8) is 0 Å². The van der Waals surface area contributed by atoms with Gasteiger partial charge in [0.25, 0.3) is 0 Å². The van der Waals surface area contributed by atoms with Crippen LogP contribution in [0.5, 0.6) is 5.75 Å². The number of benzene rings is 2. The van der Waals surface area contributed by atoms with Gasteiger partial charge in [0.05, 0.1) is 0 Å². The first-order valence-electron chi connectivity index (χ1n) is 7.86. The molecule has 124 valence electrons. The van der Waals surface area contributed by atoms with Gasteiger partial charge < -0.3 is 10.1 Å². The summed E-state index contributed by atoms with van der Waals surface area (Å²) in [4.78, 5) is 24.8. The van der Waals surface area contributed by atoms with E-state index in [4.69, 9.17) is 4.74 Å². The van der Waals surface area contributed by atoms with Gasteiger partial charge in [0.15, 0.2) is 0 Å². The predicted molar refractivity (Wildman–Crippen MR) is 91.9 cm³/mol. The van der Waals surface area contributed by atoms with Crippen molar-refractivity contribution in [3.8, 4) is 16.9 Å². The number of ether oxygens (including phenoxy) is 1. The maximum absolute atomic E-state index is 12.1. The van der Waals surface area contributed by atoms with Gasteiger partial charge in [-0.1, -0.05) is 35.9 Å². The average molecular weight is 324 g/mol. The lowest BCUT2D eigenvalue weighted by molar-refractivity contribution is -0.131. The smallest absolute Gasteiger partial charge is 0.410 e. The SMILES string of the molecule is Cc1cccc(-c2ccc(OC(=O)N(C)[C@H]3CNC3=O)cc2C)c1. The maximum Gasteiger partial charge on any atom is 0.415 e. The second kappa shape index (κ2) is 6.35. The number of nitrogens with zero attached hydrogens (tertiary/aromatic N) is 1. The number of carbonyl (C=O) groups excluding carboxylic acids is 2. The number of rotatable bonds is 3. The van der Waals surface area contributed by atoms with Crippen molar-refractivity contribution in [2.75, 3.05) is 13.6 Å². The molecule has 2 aromatic carbocycles. The Morgan fingerprint density at radius 3 is 2.58 bits per heavy atom. The van der Waals surface area contributed by atoms with E-state index in [-0.39, 0.29) is 5.91 Å². The van der Waals surface area contributed by atoms with E-state index in [1.807, 2.05) is 25.1 Å². The summed E-state index contributed by atoms with van der Waals surface area (Å²) < 4.78 is 5.38. The Hall–Kier alpha value is -2.82. The van der Waals surface area contributed by atoms with E-state index < -0.39 is 12.1 Å². The minimum Gasteiger partial charge on any atom is -0.410 e. The number of nitrogens with one attached hydrogen (secondary N) is 1. The topological polar surface area (TPSA) is 58.6 Å². The highest BCUT2D eigenvalue weighted by Gasteiger charge is 2.35. The summed E-state index contributed by atoms with van der Waals surface area (Å²) >= 11 is 0. The van der Waals surface area contributed by atoms with E-state index in [1.165, 1.54) is 10.5 Å². The first kappa shape index (κ1) is 16.1. The van der Waals surface area contributed by atoms with Crippen LogP contribution in [0.3, 0.4) is 0 Å². The molecule has 5 nitrogen and oxygen atoms in total. The molecule has 5 heteroatoms. The van der Waals surface area contributed by atoms with Crippen molar-refractivity contribution >= 4 is 12.0 Å². The van der Waals surface area contributed by atoms with Crippen LogP contribution in [0, 0.1) is 13.8 Å². The first-order chi connectivity index (χ1) is 11.5. The zero-order valence-electron chi connectivity index (χ0n) is 14.0. The maximum atomic E-state index is 12.1. The van der Waals surface area contributed by atoms with Gasteiger partial charge >= 0.3 is 6.09 Å². The van der Waals surface area contributed by atoms with E-state index in [0.717, 1.165) is 16.7 Å². The number of β-lactam (4-membered cyclic amide) rings is 1. The molecular formula is C19H20N2O3. The second-order valence-electron chi connectivity index (χ2n) is 6.09. The summed E-state index contributed by atoms with van der Waals surface area (Å²) in [6.07, 6.45) is -0.530.